The largest absolute Gasteiger partial charge is 0.493 e. The number of unbranched alkanes of at least 4 members (excludes halogenated alkanes) is 1. The van der Waals surface area contributed by atoms with Gasteiger partial charge in [-0.3, -0.25) is 4.79 Å². The molecule has 0 aliphatic carbocycles. The summed E-state index contributed by atoms with van der Waals surface area (Å²) in [7, 11) is -6.13. The summed E-state index contributed by atoms with van der Waals surface area (Å²) in [6.45, 7) is 0. The molecule has 0 spiro atoms. The number of aryl methyl sites for hydroxylation is 1. The molecule has 0 aliphatic rings. The molecule has 10 heteroatoms. The summed E-state index contributed by atoms with van der Waals surface area (Å²) in [5.74, 6) is -1.35. The van der Waals surface area contributed by atoms with E-state index in [1.54, 1.807) is 6.07 Å². The van der Waals surface area contributed by atoms with Gasteiger partial charge >= 0.3 is 5.97 Å². The van der Waals surface area contributed by atoms with Gasteiger partial charge in [-0.25, -0.2) is 16.8 Å². The molecule has 3 aromatic rings. The number of carboxylic acids is 1. The molecule has 3 rings (SSSR count). The third kappa shape index (κ3) is 7.83. The second-order valence-electron chi connectivity index (χ2n) is 9.28. The van der Waals surface area contributed by atoms with Gasteiger partial charge in [-0.15, -0.1) is 0 Å². The average molecular weight is 575 g/mol. The molecule has 0 heterocycles. The summed E-state index contributed by atoms with van der Waals surface area (Å²) >= 11 is 0. The minimum Gasteiger partial charge on any atom is -0.493 e. The fourth-order valence-corrected chi connectivity index (χ4v) is 9.28. The van der Waals surface area contributed by atoms with Crippen molar-refractivity contribution in [1.82, 2.24) is 0 Å². The smallest absolute Gasteiger partial charge is 0.303 e. The normalized spacial score (nSPS) is 13.4. The van der Waals surface area contributed by atoms with Gasteiger partial charge in [0.05, 0.1) is 24.0 Å². The topological polar surface area (TPSA) is 124 Å². The van der Waals surface area contributed by atoms with Crippen LogP contribution in [-0.4, -0.2) is 46.7 Å². The molecule has 0 bridgehead atoms. The molecule has 0 aromatic heterocycles. The number of hydrogen-bond acceptors (Lipinski definition) is 7. The lowest BCUT2D eigenvalue weighted by Crippen LogP contribution is -2.33. The van der Waals surface area contributed by atoms with Crippen LogP contribution in [0.25, 0.3) is 0 Å². The van der Waals surface area contributed by atoms with Crippen LogP contribution >= 0.6 is 0 Å². The van der Waals surface area contributed by atoms with Gasteiger partial charge in [0, 0.05) is 12.5 Å². The Morgan fingerprint density at radius 3 is 1.95 bits per heavy atom. The zero-order valence-corrected chi connectivity index (χ0v) is 23.7. The lowest BCUT2D eigenvalue weighted by Gasteiger charge is -2.24. The van der Waals surface area contributed by atoms with E-state index >= 15 is 0 Å². The number of aliphatic carboxylic acids is 1. The summed E-state index contributed by atoms with van der Waals surface area (Å²) in [6.07, 6.45) is 1.86. The highest BCUT2D eigenvalue weighted by Crippen LogP contribution is 2.36. The SMILES string of the molecule is COc1ccc(S(=O)(=O)C(CC(CCCCc2ccccc2)CC(=O)O)S(=O)(=O)c2ccccc2)cc1OC. The maximum atomic E-state index is 13.9. The van der Waals surface area contributed by atoms with Gasteiger partial charge in [0.15, 0.2) is 35.8 Å². The van der Waals surface area contributed by atoms with E-state index in [9.17, 15) is 26.7 Å². The standard InChI is InChI=1S/C29H34O8S2/c1-36-26-18-17-25(21-27(26)37-2)39(34,35)29(38(32,33)24-15-7-4-8-16-24)20-23(19-28(30)31)14-10-9-13-22-11-5-3-6-12-22/h3-8,11-12,15-18,21,23,29H,9-10,13-14,19-20H2,1-2H3,(H,30,31). The second kappa shape index (κ2) is 13.6. The second-order valence-corrected chi connectivity index (χ2v) is 13.8. The van der Waals surface area contributed by atoms with Gasteiger partial charge in [0.2, 0.25) is 0 Å². The van der Waals surface area contributed by atoms with Crippen molar-refractivity contribution in [3.8, 4) is 11.5 Å². The van der Waals surface area contributed by atoms with Gasteiger partial charge in [-0.05, 0) is 61.4 Å². The third-order valence-electron chi connectivity index (χ3n) is 6.61. The Morgan fingerprint density at radius 1 is 0.769 bits per heavy atom. The molecule has 0 radical (unpaired) electrons. The van der Waals surface area contributed by atoms with E-state index in [-0.39, 0.29) is 28.4 Å². The predicted molar refractivity (Wildman–Crippen MR) is 149 cm³/mol. The molecule has 2 atom stereocenters. The Labute approximate surface area is 230 Å². The first-order valence-electron chi connectivity index (χ1n) is 12.6. The van der Waals surface area contributed by atoms with Crippen molar-refractivity contribution >= 4 is 25.6 Å². The van der Waals surface area contributed by atoms with Crippen molar-refractivity contribution in [2.24, 2.45) is 5.92 Å². The maximum Gasteiger partial charge on any atom is 0.303 e. The van der Waals surface area contributed by atoms with E-state index < -0.39 is 36.1 Å². The van der Waals surface area contributed by atoms with Gasteiger partial charge in [-0.1, -0.05) is 55.0 Å². The van der Waals surface area contributed by atoms with Crippen LogP contribution in [0.2, 0.25) is 0 Å². The first kappa shape index (κ1) is 30.2. The van der Waals surface area contributed by atoms with Gasteiger partial charge in [-0.2, -0.15) is 0 Å². The monoisotopic (exact) mass is 574 g/mol. The molecule has 3 aromatic carbocycles. The fourth-order valence-electron chi connectivity index (χ4n) is 4.56. The molecule has 0 saturated heterocycles. The number of ether oxygens (including phenoxy) is 2. The average Bonchev–Trinajstić information content (AvgIpc) is 2.93. The summed E-state index contributed by atoms with van der Waals surface area (Å²) in [4.78, 5) is 11.3. The van der Waals surface area contributed by atoms with Crippen molar-refractivity contribution in [2.45, 2.75) is 52.9 Å². The molecular formula is C29H34O8S2. The number of rotatable bonds is 15. The Hall–Kier alpha value is -3.37. The lowest BCUT2D eigenvalue weighted by molar-refractivity contribution is -0.138. The van der Waals surface area contributed by atoms with Crippen molar-refractivity contribution < 1.29 is 36.2 Å². The summed E-state index contributed by atoms with van der Waals surface area (Å²) in [5, 5.41) is 9.57. The molecule has 39 heavy (non-hydrogen) atoms. The Morgan fingerprint density at radius 2 is 1.36 bits per heavy atom. The predicted octanol–water partition coefficient (Wildman–Crippen LogP) is 5.17. The fraction of sp³-hybridized carbons (Fsp3) is 0.345. The quantitative estimate of drug-likeness (QED) is 0.247. The van der Waals surface area contributed by atoms with Crippen molar-refractivity contribution in [3.63, 3.8) is 0 Å². The number of hydrogen-bond donors (Lipinski definition) is 1. The van der Waals surface area contributed by atoms with E-state index in [0.29, 0.717) is 18.6 Å². The lowest BCUT2D eigenvalue weighted by atomic mass is 9.94. The van der Waals surface area contributed by atoms with E-state index in [2.05, 4.69) is 0 Å². The van der Waals surface area contributed by atoms with Crippen LogP contribution in [-0.2, 0) is 30.9 Å². The minimum absolute atomic E-state index is 0.137. The molecule has 0 saturated carbocycles. The zero-order valence-electron chi connectivity index (χ0n) is 22.0. The summed E-state index contributed by atoms with van der Waals surface area (Å²) < 4.78 is 64.0. The number of carboxylic acid groups (broad SMARTS) is 1. The molecule has 1 N–H and O–H groups in total. The minimum atomic E-state index is -4.49. The van der Waals surface area contributed by atoms with Crippen LogP contribution < -0.4 is 9.47 Å². The summed E-state index contributed by atoms with van der Waals surface area (Å²) in [5.41, 5.74) is 1.15. The van der Waals surface area contributed by atoms with Gasteiger partial charge in [0.25, 0.3) is 0 Å². The number of sulfone groups is 2. The van der Waals surface area contributed by atoms with E-state index in [1.165, 1.54) is 56.7 Å². The van der Waals surface area contributed by atoms with Crippen LogP contribution in [0.15, 0.2) is 88.7 Å². The highest BCUT2D eigenvalue weighted by atomic mass is 32.3. The first-order chi connectivity index (χ1) is 18.6. The van der Waals surface area contributed by atoms with E-state index in [1.807, 2.05) is 30.3 Å². The van der Waals surface area contributed by atoms with Crippen molar-refractivity contribution in [2.75, 3.05) is 14.2 Å². The van der Waals surface area contributed by atoms with Crippen LogP contribution in [0.4, 0.5) is 0 Å². The molecule has 0 amide bonds. The van der Waals surface area contributed by atoms with Gasteiger partial charge in [0.1, 0.15) is 0 Å². The van der Waals surface area contributed by atoms with Crippen LogP contribution in [0.3, 0.4) is 0 Å². The van der Waals surface area contributed by atoms with Crippen LogP contribution in [0.5, 0.6) is 11.5 Å². The third-order valence-corrected chi connectivity index (χ3v) is 11.7. The summed E-state index contributed by atoms with van der Waals surface area (Å²) in [6, 6.07) is 21.1. The number of carbonyl (C=O) groups is 1. The van der Waals surface area contributed by atoms with Gasteiger partial charge < -0.3 is 14.6 Å². The Kier molecular flexibility index (Phi) is 10.5. The van der Waals surface area contributed by atoms with Crippen LogP contribution in [0, 0.1) is 5.92 Å². The van der Waals surface area contributed by atoms with E-state index in [0.717, 1.165) is 18.4 Å². The van der Waals surface area contributed by atoms with Crippen molar-refractivity contribution in [3.05, 3.63) is 84.4 Å². The molecule has 0 aliphatic heterocycles. The first-order valence-corrected chi connectivity index (χ1v) is 15.7. The van der Waals surface area contributed by atoms with Crippen LogP contribution in [0.1, 0.15) is 37.7 Å². The Balaban J connectivity index is 1.96. The maximum absolute atomic E-state index is 13.9. The molecule has 8 nitrogen and oxygen atoms in total. The molecular weight excluding hydrogens is 540 g/mol. The van der Waals surface area contributed by atoms with E-state index in [4.69, 9.17) is 9.47 Å². The number of benzene rings is 3. The highest BCUT2D eigenvalue weighted by Gasteiger charge is 2.42. The highest BCUT2D eigenvalue weighted by molar-refractivity contribution is 8.09. The molecule has 2 unspecified atom stereocenters. The molecule has 0 fully saturated rings. The Bertz CT molecular complexity index is 1440. The zero-order chi connectivity index (χ0) is 28.5. The van der Waals surface area contributed by atoms with Crippen molar-refractivity contribution in [1.29, 1.82) is 0 Å². The molecule has 210 valence electrons. The number of methoxy groups -OCH3 is 2.